The average Bonchev–Trinajstić information content (AvgIpc) is 2.50. The SMILES string of the molecule is NC1=CC(C(F)(F)F)(C(F)(F)F)C(=C2C=CC(N)=CC2(C(F)(F)F)C(F)(F)F)C=C1. The van der Waals surface area contributed by atoms with E-state index in [1.54, 1.807) is 0 Å². The van der Waals surface area contributed by atoms with Gasteiger partial charge in [-0.1, -0.05) is 12.2 Å². The molecule has 0 radical (unpaired) electrons. The summed E-state index contributed by atoms with van der Waals surface area (Å²) in [6.07, 6.45) is -26.5. The van der Waals surface area contributed by atoms with Crippen molar-refractivity contribution in [2.24, 2.45) is 22.3 Å². The molecule has 0 saturated carbocycles. The molecule has 0 aromatic rings. The van der Waals surface area contributed by atoms with Crippen LogP contribution in [-0.2, 0) is 0 Å². The molecule has 14 heteroatoms. The standard InChI is InChI=1S/C16H10F12N2/c17-13(18,19)11(14(20,21)22)5-7(29)1-3-9(11)10-4-2-8(30)6-12(10,15(23,24)25)16(26,27)28/h1-6H,29-30H2. The molecule has 2 nitrogen and oxygen atoms in total. The van der Waals surface area contributed by atoms with Gasteiger partial charge in [0.05, 0.1) is 0 Å². The van der Waals surface area contributed by atoms with Crippen LogP contribution >= 0.6 is 0 Å². The van der Waals surface area contributed by atoms with Gasteiger partial charge >= 0.3 is 24.7 Å². The second kappa shape index (κ2) is 6.48. The maximum absolute atomic E-state index is 13.7. The molecule has 0 unspecified atom stereocenters. The summed E-state index contributed by atoms with van der Waals surface area (Å²) in [7, 11) is 0. The van der Waals surface area contributed by atoms with Gasteiger partial charge < -0.3 is 11.5 Å². The predicted octanol–water partition coefficient (Wildman–Crippen LogP) is 5.33. The van der Waals surface area contributed by atoms with Crippen LogP contribution in [0.5, 0.6) is 0 Å². The Hall–Kier alpha value is -2.54. The summed E-state index contributed by atoms with van der Waals surface area (Å²) in [6, 6.07) is 0. The minimum Gasteiger partial charge on any atom is -0.399 e. The lowest BCUT2D eigenvalue weighted by molar-refractivity contribution is -0.315. The molecule has 0 bridgehead atoms. The highest BCUT2D eigenvalue weighted by molar-refractivity contribution is 5.57. The number of allylic oxidation sites excluding steroid dienone is 8. The molecule has 0 heterocycles. The fourth-order valence-corrected chi connectivity index (χ4v) is 3.24. The van der Waals surface area contributed by atoms with Crippen LogP contribution in [0, 0.1) is 10.8 Å². The smallest absolute Gasteiger partial charge is 0.399 e. The minimum absolute atomic E-state index is 0.155. The normalized spacial score (nSPS) is 24.5. The number of hydrogen-bond acceptors (Lipinski definition) is 2. The molecule has 0 fully saturated rings. The van der Waals surface area contributed by atoms with Crippen LogP contribution in [0.2, 0.25) is 0 Å². The second-order valence-electron chi connectivity index (χ2n) is 6.39. The summed E-state index contributed by atoms with van der Waals surface area (Å²) in [5.41, 5.74) is -7.42. The molecule has 4 N–H and O–H groups in total. The minimum atomic E-state index is -6.40. The lowest BCUT2D eigenvalue weighted by Gasteiger charge is -2.44. The van der Waals surface area contributed by atoms with Crippen LogP contribution in [-0.4, -0.2) is 24.7 Å². The molecule has 0 aromatic heterocycles. The molecule has 0 atom stereocenters. The first-order valence-electron chi connectivity index (χ1n) is 7.57. The molecule has 2 rings (SSSR count). The summed E-state index contributed by atoms with van der Waals surface area (Å²) >= 11 is 0. The molecule has 30 heavy (non-hydrogen) atoms. The first-order chi connectivity index (χ1) is 13.2. The molecular weight excluding hydrogens is 448 g/mol. The average molecular weight is 458 g/mol. The monoisotopic (exact) mass is 458 g/mol. The molecule has 0 amide bonds. The van der Waals surface area contributed by atoms with Crippen molar-refractivity contribution in [3.8, 4) is 0 Å². The third kappa shape index (κ3) is 3.16. The van der Waals surface area contributed by atoms with Gasteiger partial charge in [-0.3, -0.25) is 0 Å². The first kappa shape index (κ1) is 23.7. The van der Waals surface area contributed by atoms with E-state index in [2.05, 4.69) is 0 Å². The largest absolute Gasteiger partial charge is 0.410 e. The Balaban J connectivity index is 3.16. The van der Waals surface area contributed by atoms with E-state index in [0.717, 1.165) is 0 Å². The number of nitrogens with two attached hydrogens (primary N) is 2. The van der Waals surface area contributed by atoms with E-state index >= 15 is 0 Å². The van der Waals surface area contributed by atoms with Crippen LogP contribution < -0.4 is 11.5 Å². The van der Waals surface area contributed by atoms with Crippen LogP contribution in [0.15, 0.2) is 59.0 Å². The zero-order valence-corrected chi connectivity index (χ0v) is 14.2. The van der Waals surface area contributed by atoms with Gasteiger partial charge in [0.1, 0.15) is 0 Å². The maximum Gasteiger partial charge on any atom is 0.410 e. The Morgan fingerprint density at radius 1 is 0.467 bits per heavy atom. The Kier molecular flexibility index (Phi) is 5.12. The van der Waals surface area contributed by atoms with Crippen molar-refractivity contribution in [2.45, 2.75) is 24.7 Å². The highest BCUT2D eigenvalue weighted by atomic mass is 19.4. The predicted molar refractivity (Wildman–Crippen MR) is 78.9 cm³/mol. The molecule has 0 aliphatic heterocycles. The number of rotatable bonds is 0. The van der Waals surface area contributed by atoms with E-state index < -0.39 is 70.2 Å². The molecule has 0 saturated heterocycles. The van der Waals surface area contributed by atoms with Gasteiger partial charge in [0.2, 0.25) is 10.8 Å². The summed E-state index contributed by atoms with van der Waals surface area (Å²) < 4.78 is 164. The molecule has 0 spiro atoms. The first-order valence-corrected chi connectivity index (χ1v) is 7.57. The topological polar surface area (TPSA) is 52.0 Å². The molecular formula is C16H10F12N2. The molecule has 2 aliphatic rings. The third-order valence-electron chi connectivity index (χ3n) is 4.58. The Morgan fingerprint density at radius 3 is 0.900 bits per heavy atom. The summed E-state index contributed by atoms with van der Waals surface area (Å²) in [5, 5.41) is 0. The lowest BCUT2D eigenvalue weighted by Crippen LogP contribution is -2.55. The van der Waals surface area contributed by atoms with Gasteiger partial charge in [-0.2, -0.15) is 52.7 Å². The van der Waals surface area contributed by atoms with Gasteiger partial charge in [0, 0.05) is 11.4 Å². The second-order valence-corrected chi connectivity index (χ2v) is 6.39. The van der Waals surface area contributed by atoms with Crippen molar-refractivity contribution < 1.29 is 52.7 Å². The Bertz CT molecular complexity index is 772. The van der Waals surface area contributed by atoms with E-state index in [0.29, 0.717) is 12.2 Å². The summed E-state index contributed by atoms with van der Waals surface area (Å²) in [6.45, 7) is 0. The van der Waals surface area contributed by atoms with E-state index in [4.69, 9.17) is 11.5 Å². The summed E-state index contributed by atoms with van der Waals surface area (Å²) in [4.78, 5) is 0. The number of alkyl halides is 12. The fourth-order valence-electron chi connectivity index (χ4n) is 3.24. The molecule has 2 aliphatic carbocycles. The molecule has 0 aromatic carbocycles. The van der Waals surface area contributed by atoms with E-state index in [1.165, 1.54) is 0 Å². The van der Waals surface area contributed by atoms with E-state index in [9.17, 15) is 52.7 Å². The number of hydrogen-bond donors (Lipinski definition) is 2. The van der Waals surface area contributed by atoms with Gasteiger partial charge in [-0.05, 0) is 35.5 Å². The van der Waals surface area contributed by atoms with Crippen LogP contribution in [0.4, 0.5) is 52.7 Å². The van der Waals surface area contributed by atoms with Crippen LogP contribution in [0.3, 0.4) is 0 Å². The van der Waals surface area contributed by atoms with E-state index in [-0.39, 0.29) is 12.2 Å². The van der Waals surface area contributed by atoms with Crippen molar-refractivity contribution in [1.29, 1.82) is 0 Å². The Morgan fingerprint density at radius 2 is 0.700 bits per heavy atom. The maximum atomic E-state index is 13.7. The fraction of sp³-hybridized carbons (Fsp3) is 0.375. The number of halogens is 12. The molecule has 168 valence electrons. The highest BCUT2D eigenvalue weighted by Crippen LogP contribution is 2.64. The van der Waals surface area contributed by atoms with Gasteiger partial charge in [-0.15, -0.1) is 0 Å². The van der Waals surface area contributed by atoms with E-state index in [1.807, 2.05) is 0 Å². The van der Waals surface area contributed by atoms with Crippen molar-refractivity contribution in [2.75, 3.05) is 0 Å². The van der Waals surface area contributed by atoms with Crippen molar-refractivity contribution >= 4 is 0 Å². The quantitative estimate of drug-likeness (QED) is 0.483. The van der Waals surface area contributed by atoms with Gasteiger partial charge in [0.25, 0.3) is 0 Å². The van der Waals surface area contributed by atoms with Crippen molar-refractivity contribution in [3.63, 3.8) is 0 Å². The van der Waals surface area contributed by atoms with Crippen LogP contribution in [0.25, 0.3) is 0 Å². The summed E-state index contributed by atoms with van der Waals surface area (Å²) in [5.74, 6) is 0. The van der Waals surface area contributed by atoms with Gasteiger partial charge in [0.15, 0.2) is 0 Å². The zero-order valence-electron chi connectivity index (χ0n) is 14.2. The lowest BCUT2D eigenvalue weighted by atomic mass is 9.65. The van der Waals surface area contributed by atoms with Crippen LogP contribution in [0.1, 0.15) is 0 Å². The third-order valence-corrected chi connectivity index (χ3v) is 4.58. The van der Waals surface area contributed by atoms with Gasteiger partial charge in [-0.25, -0.2) is 0 Å². The van der Waals surface area contributed by atoms with Crippen molar-refractivity contribution in [1.82, 2.24) is 0 Å². The zero-order chi connectivity index (χ0) is 23.6. The Labute approximate surface area is 159 Å². The highest BCUT2D eigenvalue weighted by Gasteiger charge is 2.76. The van der Waals surface area contributed by atoms with Crippen molar-refractivity contribution in [3.05, 3.63) is 59.0 Å².